The predicted molar refractivity (Wildman–Crippen MR) is 116 cm³/mol. The minimum Gasteiger partial charge on any atom is -0.371 e. The van der Waals surface area contributed by atoms with Crippen molar-refractivity contribution >= 4 is 22.3 Å². The summed E-state index contributed by atoms with van der Waals surface area (Å²) < 4.78 is 64.7. The van der Waals surface area contributed by atoms with Gasteiger partial charge in [0.2, 0.25) is 11.5 Å². The molecule has 0 aliphatic rings. The zero-order valence-electron chi connectivity index (χ0n) is 17.7. The number of nitrogens with one attached hydrogen (secondary N) is 1. The second kappa shape index (κ2) is 9.36. The SMILES string of the molecule is CC(c1ccc(CC(=O)Nc2ccc(C(O)(c3cn(C)cn3)C(F)(F)F)cc2)cc1)[SH](=O)=O. The first-order valence-corrected chi connectivity index (χ1v) is 11.1. The Balaban J connectivity index is 1.73. The zero-order valence-corrected chi connectivity index (χ0v) is 18.6. The van der Waals surface area contributed by atoms with Crippen LogP contribution in [0.2, 0.25) is 0 Å². The van der Waals surface area contributed by atoms with Crippen LogP contribution in [0.15, 0.2) is 61.1 Å². The van der Waals surface area contributed by atoms with Crippen LogP contribution in [-0.4, -0.2) is 35.2 Å². The van der Waals surface area contributed by atoms with Crippen LogP contribution in [0.4, 0.5) is 18.9 Å². The number of anilines is 1. The molecule has 0 spiro atoms. The molecule has 1 amide bonds. The van der Waals surface area contributed by atoms with Crippen LogP contribution < -0.4 is 5.32 Å². The number of hydrogen-bond donors (Lipinski definition) is 3. The number of amides is 1. The monoisotopic (exact) mass is 481 g/mol. The topological polar surface area (TPSA) is 101 Å². The fourth-order valence-corrected chi connectivity index (χ4v) is 3.69. The van der Waals surface area contributed by atoms with Gasteiger partial charge in [0.15, 0.2) is 0 Å². The van der Waals surface area contributed by atoms with Gasteiger partial charge in [0.1, 0.15) is 16.4 Å². The normalized spacial score (nSPS) is 14.6. The number of carbonyl (C=O) groups excluding carboxylic acids is 1. The van der Waals surface area contributed by atoms with E-state index in [1.807, 2.05) is 0 Å². The van der Waals surface area contributed by atoms with Crippen molar-refractivity contribution in [2.75, 3.05) is 5.32 Å². The number of carbonyl (C=O) groups is 1. The van der Waals surface area contributed by atoms with Crippen LogP contribution >= 0.6 is 0 Å². The van der Waals surface area contributed by atoms with Crippen LogP contribution in [0, 0.1) is 0 Å². The number of nitrogens with zero attached hydrogens (tertiary/aromatic N) is 2. The molecule has 0 radical (unpaired) electrons. The Morgan fingerprint density at radius 1 is 1.12 bits per heavy atom. The second-order valence-electron chi connectivity index (χ2n) is 7.64. The number of aliphatic hydroxyl groups is 1. The Labute approximate surface area is 189 Å². The van der Waals surface area contributed by atoms with Crippen molar-refractivity contribution in [2.45, 2.75) is 30.4 Å². The molecule has 2 aromatic carbocycles. The molecule has 3 rings (SSSR count). The third kappa shape index (κ3) is 5.25. The molecule has 0 saturated heterocycles. The highest BCUT2D eigenvalue weighted by Crippen LogP contribution is 2.43. The smallest absolute Gasteiger partial charge is 0.371 e. The van der Waals surface area contributed by atoms with Gasteiger partial charge in [-0.25, -0.2) is 13.4 Å². The van der Waals surface area contributed by atoms with E-state index < -0.39 is 44.9 Å². The quantitative estimate of drug-likeness (QED) is 0.451. The summed E-state index contributed by atoms with van der Waals surface area (Å²) in [5, 5.41) is 12.5. The zero-order chi connectivity index (χ0) is 24.4. The van der Waals surface area contributed by atoms with E-state index in [9.17, 15) is 31.5 Å². The summed E-state index contributed by atoms with van der Waals surface area (Å²) in [6, 6.07) is 11.2. The molecule has 2 atom stereocenters. The lowest BCUT2D eigenvalue weighted by Gasteiger charge is -2.29. The first-order chi connectivity index (χ1) is 15.4. The third-order valence-electron chi connectivity index (χ3n) is 5.22. The van der Waals surface area contributed by atoms with Crippen molar-refractivity contribution in [3.8, 4) is 0 Å². The number of halogens is 3. The van der Waals surface area contributed by atoms with E-state index in [4.69, 9.17) is 0 Å². The number of hydrogen-bond acceptors (Lipinski definition) is 5. The molecule has 2 N–H and O–H groups in total. The fourth-order valence-electron chi connectivity index (χ4n) is 3.28. The highest BCUT2D eigenvalue weighted by molar-refractivity contribution is 7.72. The molecule has 1 heterocycles. The maximum absolute atomic E-state index is 13.8. The van der Waals surface area contributed by atoms with Gasteiger partial charge in [-0.2, -0.15) is 13.2 Å². The fraction of sp³-hybridized carbons (Fsp3) is 0.273. The third-order valence-corrected chi connectivity index (χ3v) is 6.15. The number of aromatic nitrogens is 2. The summed E-state index contributed by atoms with van der Waals surface area (Å²) in [5.74, 6) is -0.408. The highest BCUT2D eigenvalue weighted by atomic mass is 32.2. The number of aryl methyl sites for hydroxylation is 1. The molecular formula is C22H22F3N3O4S. The largest absolute Gasteiger partial charge is 0.427 e. The van der Waals surface area contributed by atoms with Gasteiger partial charge >= 0.3 is 6.18 Å². The van der Waals surface area contributed by atoms with E-state index in [-0.39, 0.29) is 12.1 Å². The minimum atomic E-state index is -5.02. The number of thiol groups is 1. The van der Waals surface area contributed by atoms with Crippen LogP contribution in [0.1, 0.15) is 34.6 Å². The van der Waals surface area contributed by atoms with E-state index in [0.29, 0.717) is 11.1 Å². The van der Waals surface area contributed by atoms with Gasteiger partial charge in [0, 0.05) is 18.9 Å². The van der Waals surface area contributed by atoms with Crippen LogP contribution in [0.5, 0.6) is 0 Å². The van der Waals surface area contributed by atoms with Crippen LogP contribution in [0.3, 0.4) is 0 Å². The Kier molecular flexibility index (Phi) is 6.94. The molecule has 2 unspecified atom stereocenters. The first-order valence-electron chi connectivity index (χ1n) is 9.82. The Morgan fingerprint density at radius 3 is 2.21 bits per heavy atom. The van der Waals surface area contributed by atoms with Gasteiger partial charge in [-0.3, -0.25) is 4.79 Å². The minimum absolute atomic E-state index is 0.0135. The Morgan fingerprint density at radius 2 is 1.73 bits per heavy atom. The molecule has 3 aromatic rings. The summed E-state index contributed by atoms with van der Waals surface area (Å²) in [7, 11) is -1.11. The van der Waals surface area contributed by atoms with Crippen molar-refractivity contribution < 1.29 is 31.5 Å². The van der Waals surface area contributed by atoms with E-state index in [2.05, 4.69) is 10.3 Å². The second-order valence-corrected chi connectivity index (χ2v) is 8.98. The molecular weight excluding hydrogens is 459 g/mol. The maximum atomic E-state index is 13.8. The number of rotatable bonds is 7. The molecule has 0 saturated carbocycles. The molecule has 0 fully saturated rings. The highest BCUT2D eigenvalue weighted by Gasteiger charge is 2.57. The number of alkyl halides is 3. The molecule has 176 valence electrons. The molecule has 1 aromatic heterocycles. The predicted octanol–water partition coefficient (Wildman–Crippen LogP) is 3.07. The van der Waals surface area contributed by atoms with Crippen LogP contribution in [0.25, 0.3) is 0 Å². The molecule has 7 nitrogen and oxygen atoms in total. The average molecular weight is 481 g/mol. The Bertz CT molecular complexity index is 1200. The van der Waals surface area contributed by atoms with Gasteiger partial charge in [-0.1, -0.05) is 36.4 Å². The molecule has 0 bridgehead atoms. The van der Waals surface area contributed by atoms with E-state index >= 15 is 0 Å². The number of imidazole rings is 1. The maximum Gasteiger partial charge on any atom is 0.427 e. The van der Waals surface area contributed by atoms with Gasteiger partial charge in [0.05, 0.1) is 18.0 Å². The lowest BCUT2D eigenvalue weighted by molar-refractivity contribution is -0.249. The van der Waals surface area contributed by atoms with Crippen molar-refractivity contribution in [3.05, 3.63) is 83.4 Å². The molecule has 0 aliphatic carbocycles. The van der Waals surface area contributed by atoms with Gasteiger partial charge in [-0.15, -0.1) is 0 Å². The standard InChI is InChI=1S/C22H22F3N3O4S/c1-14(33(31)32)16-5-3-15(4-6-16)11-20(29)27-18-9-7-17(8-10-18)21(30,22(23,24)25)19-12-28(2)13-26-19/h3-10,12-14,30,33H,11H2,1-2H3,(H,27,29). The molecule has 0 aliphatic heterocycles. The summed E-state index contributed by atoms with van der Waals surface area (Å²) in [5.41, 5.74) is -2.80. The average Bonchev–Trinajstić information content (AvgIpc) is 3.19. The van der Waals surface area contributed by atoms with E-state index in [1.165, 1.54) is 23.7 Å². The first kappa shape index (κ1) is 24.5. The Hall–Kier alpha value is -3.18. The van der Waals surface area contributed by atoms with E-state index in [0.717, 1.165) is 24.7 Å². The van der Waals surface area contributed by atoms with Crippen molar-refractivity contribution in [1.82, 2.24) is 9.55 Å². The number of benzene rings is 2. The van der Waals surface area contributed by atoms with Crippen molar-refractivity contribution in [2.24, 2.45) is 7.05 Å². The van der Waals surface area contributed by atoms with Crippen molar-refractivity contribution in [3.63, 3.8) is 0 Å². The van der Waals surface area contributed by atoms with Gasteiger partial charge in [-0.05, 0) is 35.7 Å². The van der Waals surface area contributed by atoms with E-state index in [1.54, 1.807) is 31.2 Å². The van der Waals surface area contributed by atoms with Crippen LogP contribution in [-0.2, 0) is 34.6 Å². The van der Waals surface area contributed by atoms with Gasteiger partial charge < -0.3 is 15.0 Å². The lowest BCUT2D eigenvalue weighted by Crippen LogP contribution is -2.43. The lowest BCUT2D eigenvalue weighted by atomic mass is 9.90. The molecule has 33 heavy (non-hydrogen) atoms. The summed E-state index contributed by atoms with van der Waals surface area (Å²) in [6.07, 6.45) is -2.78. The van der Waals surface area contributed by atoms with Crippen molar-refractivity contribution in [1.29, 1.82) is 0 Å². The summed E-state index contributed by atoms with van der Waals surface area (Å²) in [4.78, 5) is 16.0. The van der Waals surface area contributed by atoms with Gasteiger partial charge in [0.25, 0.3) is 0 Å². The summed E-state index contributed by atoms with van der Waals surface area (Å²) >= 11 is 0. The molecule has 11 heteroatoms. The summed E-state index contributed by atoms with van der Waals surface area (Å²) in [6.45, 7) is 1.56.